The maximum Gasteiger partial charge on any atom is 0.416 e. The maximum absolute atomic E-state index is 13.0. The summed E-state index contributed by atoms with van der Waals surface area (Å²) in [6.07, 6.45) is -4.58. The van der Waals surface area contributed by atoms with Crippen LogP contribution in [0.25, 0.3) is 0 Å². The first-order valence-electron chi connectivity index (χ1n) is 8.91. The van der Waals surface area contributed by atoms with Gasteiger partial charge in [-0.15, -0.1) is 11.3 Å². The molecular weight excluding hydrogens is 451 g/mol. The van der Waals surface area contributed by atoms with E-state index in [1.807, 2.05) is 0 Å². The van der Waals surface area contributed by atoms with E-state index in [9.17, 15) is 32.9 Å². The number of ether oxygens (including phenoxy) is 1. The summed E-state index contributed by atoms with van der Waals surface area (Å²) in [5.41, 5.74) is -1.37. The molecule has 0 saturated heterocycles. The van der Waals surface area contributed by atoms with Crippen LogP contribution in [0.1, 0.15) is 28.5 Å². The van der Waals surface area contributed by atoms with Gasteiger partial charge in [-0.2, -0.15) is 13.2 Å². The van der Waals surface area contributed by atoms with Crippen molar-refractivity contribution >= 4 is 39.7 Å². The van der Waals surface area contributed by atoms with Crippen molar-refractivity contribution in [2.45, 2.75) is 19.7 Å². The molecule has 0 N–H and O–H groups in total. The van der Waals surface area contributed by atoms with Gasteiger partial charge in [-0.05, 0) is 24.3 Å². The number of nitro groups is 1. The van der Waals surface area contributed by atoms with E-state index in [1.165, 1.54) is 42.6 Å². The Kier molecular flexibility index (Phi) is 6.53. The SMILES string of the molecule is CC(=O)N(c1cccc(C(F)(F)F)c1)c1nc(COC(=O)c2ccccc2[N+](=O)[O-])cs1. The third-order valence-corrected chi connectivity index (χ3v) is 5.02. The molecule has 0 aliphatic heterocycles. The smallest absolute Gasteiger partial charge is 0.416 e. The molecule has 0 unspecified atom stereocenters. The number of carbonyl (C=O) groups is 2. The van der Waals surface area contributed by atoms with Crippen molar-refractivity contribution in [2.24, 2.45) is 0 Å². The normalized spacial score (nSPS) is 11.1. The topological polar surface area (TPSA) is 103 Å². The van der Waals surface area contributed by atoms with Crippen molar-refractivity contribution in [3.63, 3.8) is 0 Å². The Balaban J connectivity index is 1.79. The van der Waals surface area contributed by atoms with Gasteiger partial charge in [-0.3, -0.25) is 19.8 Å². The average Bonchev–Trinajstić information content (AvgIpc) is 3.19. The van der Waals surface area contributed by atoms with Crippen LogP contribution in [0.2, 0.25) is 0 Å². The molecular formula is C20H14F3N3O5S. The highest BCUT2D eigenvalue weighted by molar-refractivity contribution is 7.14. The number of benzene rings is 2. The molecule has 1 aromatic heterocycles. The molecule has 12 heteroatoms. The second-order valence-electron chi connectivity index (χ2n) is 6.37. The quantitative estimate of drug-likeness (QED) is 0.285. The second kappa shape index (κ2) is 9.14. The predicted octanol–water partition coefficient (Wildman–Crippen LogP) is 5.11. The van der Waals surface area contributed by atoms with E-state index in [-0.39, 0.29) is 28.7 Å². The average molecular weight is 465 g/mol. The summed E-state index contributed by atoms with van der Waals surface area (Å²) in [7, 11) is 0. The zero-order valence-corrected chi connectivity index (χ0v) is 17.1. The van der Waals surface area contributed by atoms with Gasteiger partial charge in [0.1, 0.15) is 12.2 Å². The van der Waals surface area contributed by atoms with Gasteiger partial charge in [0.05, 0.1) is 21.9 Å². The van der Waals surface area contributed by atoms with Crippen LogP contribution in [0, 0.1) is 10.1 Å². The number of para-hydroxylation sites is 1. The van der Waals surface area contributed by atoms with Crippen LogP contribution in [0.3, 0.4) is 0 Å². The molecule has 0 fully saturated rings. The van der Waals surface area contributed by atoms with Crippen LogP contribution < -0.4 is 4.90 Å². The number of alkyl halides is 3. The van der Waals surface area contributed by atoms with E-state index in [4.69, 9.17) is 4.74 Å². The number of anilines is 2. The third-order valence-electron chi connectivity index (χ3n) is 4.15. The fourth-order valence-corrected chi connectivity index (χ4v) is 3.61. The van der Waals surface area contributed by atoms with Gasteiger partial charge in [0, 0.05) is 18.4 Å². The Hall–Kier alpha value is -3.80. The Bertz CT molecular complexity index is 1180. The lowest BCUT2D eigenvalue weighted by atomic mass is 10.2. The lowest BCUT2D eigenvalue weighted by Gasteiger charge is -2.19. The number of rotatable bonds is 6. The molecule has 0 saturated carbocycles. The number of carbonyl (C=O) groups excluding carboxylic acids is 2. The maximum atomic E-state index is 13.0. The van der Waals surface area contributed by atoms with E-state index >= 15 is 0 Å². The van der Waals surface area contributed by atoms with Crippen LogP contribution >= 0.6 is 11.3 Å². The largest absolute Gasteiger partial charge is 0.455 e. The lowest BCUT2D eigenvalue weighted by Crippen LogP contribution is -2.23. The number of esters is 1. The zero-order chi connectivity index (χ0) is 23.5. The van der Waals surface area contributed by atoms with Gasteiger partial charge in [-0.25, -0.2) is 9.78 Å². The van der Waals surface area contributed by atoms with Gasteiger partial charge in [0.25, 0.3) is 5.69 Å². The number of halogens is 3. The summed E-state index contributed by atoms with van der Waals surface area (Å²) in [5, 5.41) is 12.6. The fraction of sp³-hybridized carbons (Fsp3) is 0.150. The molecule has 0 bridgehead atoms. The fourth-order valence-electron chi connectivity index (χ4n) is 2.74. The second-order valence-corrected chi connectivity index (χ2v) is 7.21. The molecule has 3 aromatic rings. The minimum atomic E-state index is -4.58. The number of nitrogens with zero attached hydrogens (tertiary/aromatic N) is 3. The van der Waals surface area contributed by atoms with Crippen molar-refractivity contribution < 1.29 is 32.4 Å². The van der Waals surface area contributed by atoms with E-state index in [0.717, 1.165) is 34.4 Å². The summed E-state index contributed by atoms with van der Waals surface area (Å²) < 4.78 is 44.2. The Morgan fingerprint density at radius 3 is 2.56 bits per heavy atom. The van der Waals surface area contributed by atoms with E-state index in [1.54, 1.807) is 0 Å². The van der Waals surface area contributed by atoms with Crippen molar-refractivity contribution in [1.29, 1.82) is 0 Å². The lowest BCUT2D eigenvalue weighted by molar-refractivity contribution is -0.385. The highest BCUT2D eigenvalue weighted by atomic mass is 32.1. The number of thiazole rings is 1. The minimum absolute atomic E-state index is 0.0230. The summed E-state index contributed by atoms with van der Waals surface area (Å²) >= 11 is 0.963. The van der Waals surface area contributed by atoms with Gasteiger partial charge in [0.2, 0.25) is 5.91 Å². The molecule has 166 valence electrons. The van der Waals surface area contributed by atoms with Gasteiger partial charge in [-0.1, -0.05) is 18.2 Å². The highest BCUT2D eigenvalue weighted by Crippen LogP contribution is 2.35. The predicted molar refractivity (Wildman–Crippen MR) is 109 cm³/mol. The molecule has 0 aliphatic rings. The molecule has 2 aromatic carbocycles. The van der Waals surface area contributed by atoms with Crippen LogP contribution in [-0.2, 0) is 22.3 Å². The van der Waals surface area contributed by atoms with Crippen LogP contribution in [0.5, 0.6) is 0 Å². The van der Waals surface area contributed by atoms with Crippen molar-refractivity contribution in [3.8, 4) is 0 Å². The first-order chi connectivity index (χ1) is 15.1. The summed E-state index contributed by atoms with van der Waals surface area (Å²) in [6.45, 7) is 0.825. The van der Waals surface area contributed by atoms with E-state index in [0.29, 0.717) is 0 Å². The number of hydrogen-bond donors (Lipinski definition) is 0. The molecule has 0 aliphatic carbocycles. The third kappa shape index (κ3) is 5.09. The van der Waals surface area contributed by atoms with E-state index in [2.05, 4.69) is 4.98 Å². The Morgan fingerprint density at radius 1 is 1.19 bits per heavy atom. The molecule has 3 rings (SSSR count). The van der Waals surface area contributed by atoms with Crippen molar-refractivity contribution in [1.82, 2.24) is 4.98 Å². The molecule has 1 amide bonds. The summed E-state index contributed by atoms with van der Waals surface area (Å²) in [6, 6.07) is 9.50. The molecule has 8 nitrogen and oxygen atoms in total. The molecule has 0 atom stereocenters. The van der Waals surface area contributed by atoms with Gasteiger partial charge >= 0.3 is 12.1 Å². The molecule has 0 spiro atoms. The van der Waals surface area contributed by atoms with E-state index < -0.39 is 34.2 Å². The minimum Gasteiger partial charge on any atom is -0.455 e. The molecule has 1 heterocycles. The number of aromatic nitrogens is 1. The first-order valence-corrected chi connectivity index (χ1v) is 9.79. The van der Waals surface area contributed by atoms with Gasteiger partial charge < -0.3 is 4.74 Å². The molecule has 32 heavy (non-hydrogen) atoms. The first kappa shape index (κ1) is 22.9. The van der Waals surface area contributed by atoms with Crippen molar-refractivity contribution in [2.75, 3.05) is 4.90 Å². The van der Waals surface area contributed by atoms with Crippen molar-refractivity contribution in [3.05, 3.63) is 80.8 Å². The highest BCUT2D eigenvalue weighted by Gasteiger charge is 2.31. The Labute approximate surface area is 183 Å². The number of nitro benzene ring substituents is 1. The summed E-state index contributed by atoms with van der Waals surface area (Å²) in [5.74, 6) is -1.50. The standard InChI is InChI=1S/C20H14F3N3O5S/c1-12(27)25(15-6-4-5-13(9-15)20(21,22)23)19-24-14(11-32-19)10-31-18(28)16-7-2-3-8-17(16)26(29)30/h2-9,11H,10H2,1H3. The van der Waals surface area contributed by atoms with Gasteiger partial charge in [0.15, 0.2) is 5.13 Å². The summed E-state index contributed by atoms with van der Waals surface area (Å²) in [4.78, 5) is 39.8. The van der Waals surface area contributed by atoms with Crippen LogP contribution in [-0.4, -0.2) is 21.8 Å². The van der Waals surface area contributed by atoms with Crippen LogP contribution in [0.4, 0.5) is 29.7 Å². The monoisotopic (exact) mass is 465 g/mol. The molecule has 0 radical (unpaired) electrons. The number of hydrogen-bond acceptors (Lipinski definition) is 7. The Morgan fingerprint density at radius 2 is 1.91 bits per heavy atom. The zero-order valence-electron chi connectivity index (χ0n) is 16.3. The number of amides is 1. The van der Waals surface area contributed by atoms with Crippen LogP contribution in [0.15, 0.2) is 53.9 Å².